The minimum absolute atomic E-state index is 0.0422. The Kier molecular flexibility index (Phi) is 6.95. The Balaban J connectivity index is 1.40. The molecule has 198 valence electrons. The smallest absolute Gasteiger partial charge is 0.261 e. The first-order chi connectivity index (χ1) is 18.7. The Hall–Kier alpha value is -4.83. The minimum Gasteiger partial charge on any atom is -0.505 e. The van der Waals surface area contributed by atoms with Gasteiger partial charge in [-0.25, -0.2) is 0 Å². The maximum absolute atomic E-state index is 12.1. The van der Waals surface area contributed by atoms with Gasteiger partial charge >= 0.3 is 0 Å². The molecule has 1 aromatic heterocycles. The van der Waals surface area contributed by atoms with Crippen LogP contribution in [0.4, 0.5) is 5.69 Å². The van der Waals surface area contributed by atoms with Crippen molar-refractivity contribution in [1.82, 2.24) is 20.3 Å². The number of fused-ring (bicyclic) bond motifs is 1. The molecule has 0 spiro atoms. The predicted octanol–water partition coefficient (Wildman–Crippen LogP) is 2.95. The van der Waals surface area contributed by atoms with Crippen LogP contribution in [0.25, 0.3) is 22.8 Å². The molecule has 1 fully saturated rings. The fourth-order valence-electron chi connectivity index (χ4n) is 4.56. The summed E-state index contributed by atoms with van der Waals surface area (Å²) in [6.07, 6.45) is 1.14. The van der Waals surface area contributed by atoms with Crippen molar-refractivity contribution >= 4 is 40.4 Å². The van der Waals surface area contributed by atoms with E-state index in [4.69, 9.17) is 0 Å². The van der Waals surface area contributed by atoms with E-state index in [1.54, 1.807) is 30.3 Å². The first-order valence-corrected chi connectivity index (χ1v) is 12.5. The van der Waals surface area contributed by atoms with Gasteiger partial charge in [-0.1, -0.05) is 24.3 Å². The summed E-state index contributed by atoms with van der Waals surface area (Å²) in [5.74, 6) is -1.71. The van der Waals surface area contributed by atoms with Gasteiger partial charge in [0.05, 0.1) is 18.6 Å². The first kappa shape index (κ1) is 25.8. The Morgan fingerprint density at radius 2 is 1.77 bits per heavy atom. The number of carbonyl (C=O) groups is 3. The molecule has 39 heavy (non-hydrogen) atoms. The van der Waals surface area contributed by atoms with Crippen molar-refractivity contribution in [3.63, 3.8) is 0 Å². The number of aryl methyl sites for hydroxylation is 1. The molecule has 10 heteroatoms. The normalized spacial score (nSPS) is 14.7. The number of nitrogens with one attached hydrogen (secondary N) is 1. The lowest BCUT2D eigenvalue weighted by atomic mass is 10.0. The molecule has 0 bridgehead atoms. The van der Waals surface area contributed by atoms with Gasteiger partial charge in [-0.3, -0.25) is 19.7 Å². The van der Waals surface area contributed by atoms with Crippen molar-refractivity contribution in [2.75, 3.05) is 11.4 Å². The Morgan fingerprint density at radius 1 is 1.03 bits per heavy atom. The zero-order valence-electron chi connectivity index (χ0n) is 21.5. The number of aliphatic hydroxyl groups excluding tert-OH is 1. The molecular weight excluding hydrogens is 498 g/mol. The summed E-state index contributed by atoms with van der Waals surface area (Å²) < 4.78 is 0. The van der Waals surface area contributed by atoms with Crippen LogP contribution in [0.15, 0.2) is 60.2 Å². The van der Waals surface area contributed by atoms with Gasteiger partial charge in [-0.2, -0.15) is 0 Å². The fourth-order valence-corrected chi connectivity index (χ4v) is 4.56. The molecule has 5 rings (SSSR count). The Bertz CT molecular complexity index is 1620. The molecular formula is C29H27N5O5. The van der Waals surface area contributed by atoms with Gasteiger partial charge in [0.25, 0.3) is 5.91 Å². The van der Waals surface area contributed by atoms with E-state index in [9.17, 15) is 24.6 Å². The second-order valence-corrected chi connectivity index (χ2v) is 9.40. The molecule has 3 aromatic carbocycles. The van der Waals surface area contributed by atoms with Gasteiger partial charge in [0.1, 0.15) is 22.5 Å². The van der Waals surface area contributed by atoms with Crippen molar-refractivity contribution in [3.8, 4) is 11.4 Å². The molecule has 0 atom stereocenters. The van der Waals surface area contributed by atoms with E-state index < -0.39 is 17.6 Å². The number of phenolic OH excluding ortho intramolecular Hbond substituents is 1. The number of aromatic hydroxyl groups is 1. The van der Waals surface area contributed by atoms with E-state index >= 15 is 0 Å². The Morgan fingerprint density at radius 3 is 2.46 bits per heavy atom. The lowest BCUT2D eigenvalue weighted by molar-refractivity contribution is -0.134. The standard InChI is InChI=1S/C29H27N5O5/c1-3-33(21-7-4-18(5-8-21)12-22-26(36)14-27(37)30-29(22)39)15-20-10-17(2)11-25(28(20)38)34-31-23-9-6-19(16-35)13-24(23)32-34/h4-13,35,38H,3,14-16H2,1-2H3,(H,30,37,39)/b22-12+. The van der Waals surface area contributed by atoms with Crippen LogP contribution >= 0.6 is 0 Å². The second kappa shape index (κ2) is 10.5. The van der Waals surface area contributed by atoms with Gasteiger partial charge in [-0.15, -0.1) is 15.0 Å². The van der Waals surface area contributed by atoms with Crippen LogP contribution in [0, 0.1) is 6.92 Å². The number of piperidine rings is 1. The fraction of sp³-hybridized carbons (Fsp3) is 0.207. The SMILES string of the molecule is CCN(Cc1cc(C)cc(-n2nc3ccc(CO)cc3n2)c1O)c1ccc(/C=C2\C(=O)CC(=O)NC2=O)cc1. The first-order valence-electron chi connectivity index (χ1n) is 12.5. The summed E-state index contributed by atoms with van der Waals surface area (Å²) in [5, 5.41) is 31.8. The number of nitrogens with zero attached hydrogens (tertiary/aromatic N) is 4. The number of hydrogen-bond donors (Lipinski definition) is 3. The number of anilines is 1. The van der Waals surface area contributed by atoms with Gasteiger partial charge in [0, 0.05) is 24.3 Å². The number of imide groups is 1. The summed E-state index contributed by atoms with van der Waals surface area (Å²) in [4.78, 5) is 39.0. The summed E-state index contributed by atoms with van der Waals surface area (Å²) in [6.45, 7) is 4.92. The molecule has 10 nitrogen and oxygen atoms in total. The van der Waals surface area contributed by atoms with E-state index in [0.29, 0.717) is 40.9 Å². The van der Waals surface area contributed by atoms with E-state index in [-0.39, 0.29) is 24.4 Å². The maximum atomic E-state index is 12.1. The predicted molar refractivity (Wildman–Crippen MR) is 145 cm³/mol. The van der Waals surface area contributed by atoms with Gasteiger partial charge in [0.15, 0.2) is 5.78 Å². The van der Waals surface area contributed by atoms with Crippen molar-refractivity contribution in [3.05, 3.63) is 82.4 Å². The average molecular weight is 526 g/mol. The van der Waals surface area contributed by atoms with Crippen LogP contribution in [0.1, 0.15) is 35.6 Å². The van der Waals surface area contributed by atoms with Gasteiger partial charge < -0.3 is 15.1 Å². The van der Waals surface area contributed by atoms with E-state index in [2.05, 4.69) is 20.4 Å². The lowest BCUT2D eigenvalue weighted by Gasteiger charge is -2.24. The van der Waals surface area contributed by atoms with Crippen molar-refractivity contribution in [2.24, 2.45) is 0 Å². The molecule has 3 N–H and O–H groups in total. The number of aliphatic hydroxyl groups is 1. The Labute approximate surface area is 224 Å². The quantitative estimate of drug-likeness (QED) is 0.145. The van der Waals surface area contributed by atoms with Crippen LogP contribution in [0.3, 0.4) is 0 Å². The molecule has 0 aliphatic carbocycles. The second-order valence-electron chi connectivity index (χ2n) is 9.40. The van der Waals surface area contributed by atoms with Crippen molar-refractivity contribution < 1.29 is 24.6 Å². The van der Waals surface area contributed by atoms with Crippen LogP contribution in [0.5, 0.6) is 5.75 Å². The molecule has 2 heterocycles. The highest BCUT2D eigenvalue weighted by Gasteiger charge is 2.28. The molecule has 0 saturated carbocycles. The number of hydrogen-bond acceptors (Lipinski definition) is 8. The topological polar surface area (TPSA) is 138 Å². The van der Waals surface area contributed by atoms with Gasteiger partial charge in [-0.05, 0) is 66.9 Å². The number of rotatable bonds is 7. The zero-order chi connectivity index (χ0) is 27.7. The molecule has 1 saturated heterocycles. The number of Topliss-reactive ketones (excluding diaryl/α,β-unsaturated/α-hetero) is 1. The van der Waals surface area contributed by atoms with Crippen LogP contribution in [0.2, 0.25) is 0 Å². The van der Waals surface area contributed by atoms with E-state index in [1.807, 2.05) is 38.1 Å². The van der Waals surface area contributed by atoms with E-state index in [0.717, 1.165) is 16.8 Å². The molecule has 0 unspecified atom stereocenters. The molecule has 2 amide bonds. The molecule has 1 aliphatic heterocycles. The highest BCUT2D eigenvalue weighted by Crippen LogP contribution is 2.31. The van der Waals surface area contributed by atoms with E-state index in [1.165, 1.54) is 10.9 Å². The third kappa shape index (κ3) is 5.27. The van der Waals surface area contributed by atoms with Crippen LogP contribution in [-0.4, -0.2) is 49.3 Å². The highest BCUT2D eigenvalue weighted by atomic mass is 16.3. The molecule has 1 aliphatic rings. The van der Waals surface area contributed by atoms with Crippen molar-refractivity contribution in [2.45, 2.75) is 33.4 Å². The summed E-state index contributed by atoms with van der Waals surface area (Å²) in [5.41, 5.74) is 5.59. The number of carbonyl (C=O) groups excluding carboxylic acids is 3. The molecule has 0 radical (unpaired) electrons. The largest absolute Gasteiger partial charge is 0.505 e. The van der Waals surface area contributed by atoms with Gasteiger partial charge in [0.2, 0.25) is 5.91 Å². The minimum atomic E-state index is -0.686. The summed E-state index contributed by atoms with van der Waals surface area (Å²) in [7, 11) is 0. The average Bonchev–Trinajstić information content (AvgIpc) is 3.34. The number of ketones is 1. The van der Waals surface area contributed by atoms with Crippen LogP contribution in [-0.2, 0) is 27.5 Å². The lowest BCUT2D eigenvalue weighted by Crippen LogP contribution is -2.40. The van der Waals surface area contributed by atoms with Crippen LogP contribution < -0.4 is 10.2 Å². The van der Waals surface area contributed by atoms with Crippen molar-refractivity contribution in [1.29, 1.82) is 0 Å². The highest BCUT2D eigenvalue weighted by molar-refractivity contribution is 6.32. The third-order valence-electron chi connectivity index (χ3n) is 6.59. The summed E-state index contributed by atoms with van der Waals surface area (Å²) >= 11 is 0. The number of phenols is 1. The number of amides is 2. The number of aromatic nitrogens is 3. The monoisotopic (exact) mass is 525 g/mol. The summed E-state index contributed by atoms with van der Waals surface area (Å²) in [6, 6.07) is 16.4. The zero-order valence-corrected chi connectivity index (χ0v) is 21.5. The molecule has 4 aromatic rings. The number of benzene rings is 3. The third-order valence-corrected chi connectivity index (χ3v) is 6.59. The maximum Gasteiger partial charge on any atom is 0.261 e.